The van der Waals surface area contributed by atoms with Gasteiger partial charge in [0.2, 0.25) is 6.79 Å². The third kappa shape index (κ3) is 4.81. The van der Waals surface area contributed by atoms with Crippen LogP contribution in [0.3, 0.4) is 0 Å². The predicted octanol–water partition coefficient (Wildman–Crippen LogP) is 5.13. The molecule has 3 aromatic carbocycles. The van der Waals surface area contributed by atoms with E-state index < -0.39 is 6.17 Å². The first kappa shape index (κ1) is 24.6. The number of fused-ring (bicyclic) bond motifs is 2. The van der Waals surface area contributed by atoms with Gasteiger partial charge in [0.05, 0.1) is 11.4 Å². The Labute approximate surface area is 227 Å². The Bertz CT molecular complexity index is 1470. The van der Waals surface area contributed by atoms with E-state index in [1.165, 1.54) is 0 Å². The van der Waals surface area contributed by atoms with E-state index in [4.69, 9.17) is 19.9 Å². The van der Waals surface area contributed by atoms with Crippen molar-refractivity contribution in [1.82, 2.24) is 9.91 Å². The van der Waals surface area contributed by atoms with Gasteiger partial charge >= 0.3 is 0 Å². The third-order valence-electron chi connectivity index (χ3n) is 7.27. The number of nitrogens with zero attached hydrogens (tertiary/aromatic N) is 3. The lowest BCUT2D eigenvalue weighted by atomic mass is 9.96. The van der Waals surface area contributed by atoms with Crippen LogP contribution in [0.2, 0.25) is 0 Å². The lowest BCUT2D eigenvalue weighted by Crippen LogP contribution is -2.46. The number of ether oxygens (including phenoxy) is 3. The molecule has 0 bridgehead atoms. The van der Waals surface area contributed by atoms with Crippen molar-refractivity contribution in [2.24, 2.45) is 10.8 Å². The zero-order valence-electron chi connectivity index (χ0n) is 21.6. The second-order valence-electron chi connectivity index (χ2n) is 9.66. The fourth-order valence-electron chi connectivity index (χ4n) is 5.30. The van der Waals surface area contributed by atoms with Crippen molar-refractivity contribution < 1.29 is 19.0 Å². The van der Waals surface area contributed by atoms with E-state index in [2.05, 4.69) is 11.8 Å². The molecule has 2 N–H and O–H groups in total. The van der Waals surface area contributed by atoms with E-state index in [0.29, 0.717) is 48.8 Å². The summed E-state index contributed by atoms with van der Waals surface area (Å²) in [6.07, 6.45) is 5.56. The minimum absolute atomic E-state index is 0.0901. The smallest absolute Gasteiger partial charge is 0.256 e. The maximum Gasteiger partial charge on any atom is 0.256 e. The van der Waals surface area contributed by atoms with Crippen LogP contribution < -0.4 is 19.9 Å². The Morgan fingerprint density at radius 3 is 2.72 bits per heavy atom. The molecule has 1 aliphatic carbocycles. The number of hydrogen-bond acceptors (Lipinski definition) is 7. The van der Waals surface area contributed by atoms with E-state index >= 15 is 0 Å². The van der Waals surface area contributed by atoms with Gasteiger partial charge in [0.15, 0.2) is 17.7 Å². The van der Waals surface area contributed by atoms with Crippen molar-refractivity contribution in [1.29, 1.82) is 0 Å². The summed E-state index contributed by atoms with van der Waals surface area (Å²) in [7, 11) is 0. The van der Waals surface area contributed by atoms with Crippen LogP contribution >= 0.6 is 0 Å². The van der Waals surface area contributed by atoms with E-state index in [0.717, 1.165) is 34.6 Å². The average Bonchev–Trinajstić information content (AvgIpc) is 3.45. The zero-order valence-corrected chi connectivity index (χ0v) is 21.6. The minimum Gasteiger partial charge on any atom is -0.489 e. The molecule has 1 atom stereocenters. The highest BCUT2D eigenvalue weighted by Gasteiger charge is 2.37. The van der Waals surface area contributed by atoms with Crippen LogP contribution in [0.25, 0.3) is 0 Å². The van der Waals surface area contributed by atoms with Gasteiger partial charge in [0.1, 0.15) is 12.4 Å². The number of nitrogens with two attached hydrogens (primary N) is 1. The van der Waals surface area contributed by atoms with E-state index in [1.807, 2.05) is 83.8 Å². The highest BCUT2D eigenvalue weighted by molar-refractivity contribution is 5.97. The van der Waals surface area contributed by atoms with Gasteiger partial charge in [-0.05, 0) is 66.8 Å². The first-order valence-corrected chi connectivity index (χ1v) is 13.0. The SMILES string of the molecule is C=NN(C1=C(N)C=CCC1)C(c1ccc2c(c1)OCO2)N1CCc2cc(OCc3ccccc3)ccc2C1=O. The maximum absolute atomic E-state index is 14.0. The highest BCUT2D eigenvalue weighted by Crippen LogP contribution is 2.40. The average molecular weight is 523 g/mol. The molecule has 39 heavy (non-hydrogen) atoms. The van der Waals surface area contributed by atoms with Gasteiger partial charge in [-0.1, -0.05) is 42.5 Å². The Hall–Kier alpha value is -4.72. The van der Waals surface area contributed by atoms with Crippen molar-refractivity contribution in [3.05, 3.63) is 113 Å². The molecule has 6 rings (SSSR count). The third-order valence-corrected chi connectivity index (χ3v) is 7.27. The normalized spacial score (nSPS) is 16.6. The van der Waals surface area contributed by atoms with Crippen LogP contribution in [0.4, 0.5) is 0 Å². The molecule has 0 spiro atoms. The van der Waals surface area contributed by atoms with Crippen molar-refractivity contribution in [3.63, 3.8) is 0 Å². The summed E-state index contributed by atoms with van der Waals surface area (Å²) in [4.78, 5) is 15.9. The number of hydrogen-bond donors (Lipinski definition) is 1. The van der Waals surface area contributed by atoms with Crippen LogP contribution in [-0.4, -0.2) is 35.9 Å². The molecule has 3 aliphatic rings. The van der Waals surface area contributed by atoms with Gasteiger partial charge in [0.25, 0.3) is 5.91 Å². The molecular weight excluding hydrogens is 492 g/mol. The largest absolute Gasteiger partial charge is 0.489 e. The molecule has 0 radical (unpaired) electrons. The molecule has 0 fully saturated rings. The molecule has 0 saturated heterocycles. The number of hydrazone groups is 1. The fraction of sp³-hybridized carbons (Fsp3) is 0.226. The number of carbonyl (C=O) groups is 1. The molecule has 2 heterocycles. The van der Waals surface area contributed by atoms with Crippen molar-refractivity contribution >= 4 is 12.6 Å². The first-order valence-electron chi connectivity index (χ1n) is 13.0. The number of allylic oxidation sites excluding steroid dienone is 3. The van der Waals surface area contributed by atoms with Crippen molar-refractivity contribution in [2.45, 2.75) is 32.0 Å². The second kappa shape index (κ2) is 10.6. The molecular formula is C31H30N4O4. The molecule has 0 saturated carbocycles. The van der Waals surface area contributed by atoms with Crippen molar-refractivity contribution in [2.75, 3.05) is 13.3 Å². The monoisotopic (exact) mass is 522 g/mol. The molecule has 8 nitrogen and oxygen atoms in total. The van der Waals surface area contributed by atoms with Crippen LogP contribution in [0.5, 0.6) is 17.2 Å². The number of rotatable bonds is 8. The van der Waals surface area contributed by atoms with E-state index in [9.17, 15) is 4.79 Å². The van der Waals surface area contributed by atoms with E-state index in [-0.39, 0.29) is 12.7 Å². The molecule has 198 valence electrons. The summed E-state index contributed by atoms with van der Waals surface area (Å²) in [5, 5.41) is 6.17. The maximum atomic E-state index is 14.0. The minimum atomic E-state index is -0.563. The summed E-state index contributed by atoms with van der Waals surface area (Å²) in [6.45, 7) is 4.99. The van der Waals surface area contributed by atoms with Gasteiger partial charge in [-0.15, -0.1) is 0 Å². The Morgan fingerprint density at radius 1 is 1.05 bits per heavy atom. The Balaban J connectivity index is 1.32. The quantitative estimate of drug-likeness (QED) is 0.326. The molecule has 0 aromatic heterocycles. The van der Waals surface area contributed by atoms with Crippen LogP contribution in [0.1, 0.15) is 46.1 Å². The second-order valence-corrected chi connectivity index (χ2v) is 9.66. The highest BCUT2D eigenvalue weighted by atomic mass is 16.7. The fourth-order valence-corrected chi connectivity index (χ4v) is 5.30. The zero-order chi connectivity index (χ0) is 26.8. The van der Waals surface area contributed by atoms with Gasteiger partial charge in [-0.25, -0.2) is 5.01 Å². The van der Waals surface area contributed by atoms with Crippen LogP contribution in [0.15, 0.2) is 95.4 Å². The first-order chi connectivity index (χ1) is 19.1. The summed E-state index contributed by atoms with van der Waals surface area (Å²) in [5.41, 5.74) is 11.4. The van der Waals surface area contributed by atoms with Crippen LogP contribution in [0, 0.1) is 0 Å². The standard InChI is InChI=1S/C31H30N4O4/c1-33-35(27-10-6-5-9-26(27)32)30(23-11-14-28-29(18-23)39-20-38-28)34-16-15-22-17-24(12-13-25(22)31(34)36)37-19-21-7-3-2-4-8-21/h2-5,7-9,11-14,17-18,30H,1,6,10,15-16,19-20,32H2. The number of amides is 1. The molecule has 1 amide bonds. The van der Waals surface area contributed by atoms with Crippen molar-refractivity contribution in [3.8, 4) is 17.2 Å². The Kier molecular flexibility index (Phi) is 6.67. The summed E-state index contributed by atoms with van der Waals surface area (Å²) in [5.74, 6) is 1.96. The van der Waals surface area contributed by atoms with Crippen LogP contribution in [-0.2, 0) is 13.0 Å². The molecule has 3 aromatic rings. The lowest BCUT2D eigenvalue weighted by molar-refractivity contribution is 0.0380. The van der Waals surface area contributed by atoms with Gasteiger partial charge in [-0.3, -0.25) is 4.79 Å². The number of benzene rings is 3. The van der Waals surface area contributed by atoms with Gasteiger partial charge < -0.3 is 24.8 Å². The topological polar surface area (TPSA) is 89.6 Å². The molecule has 8 heteroatoms. The summed E-state index contributed by atoms with van der Waals surface area (Å²) < 4.78 is 17.2. The van der Waals surface area contributed by atoms with E-state index in [1.54, 1.807) is 5.01 Å². The number of carbonyl (C=O) groups excluding carboxylic acids is 1. The summed E-state index contributed by atoms with van der Waals surface area (Å²) in [6, 6.07) is 21.4. The summed E-state index contributed by atoms with van der Waals surface area (Å²) >= 11 is 0. The molecule has 2 aliphatic heterocycles. The predicted molar refractivity (Wildman–Crippen MR) is 148 cm³/mol. The van der Waals surface area contributed by atoms with Gasteiger partial charge in [-0.2, -0.15) is 5.10 Å². The van der Waals surface area contributed by atoms with Gasteiger partial charge in [0, 0.05) is 24.4 Å². The molecule has 1 unspecified atom stereocenters. The lowest BCUT2D eigenvalue weighted by Gasteiger charge is -2.42. The Morgan fingerprint density at radius 2 is 1.90 bits per heavy atom.